The van der Waals surface area contributed by atoms with Gasteiger partial charge in [0, 0.05) is 16.3 Å². The average Bonchev–Trinajstić information content (AvgIpc) is 2.40. The molecule has 0 aromatic heterocycles. The van der Waals surface area contributed by atoms with Crippen molar-refractivity contribution < 1.29 is 4.21 Å². The molecular formula is C15H17NOS. The first-order valence-corrected chi connectivity index (χ1v) is 7.35. The molecule has 2 aromatic carbocycles. The highest BCUT2D eigenvalue weighted by Gasteiger charge is 2.04. The summed E-state index contributed by atoms with van der Waals surface area (Å²) in [5.41, 5.74) is 7.65. The monoisotopic (exact) mass is 259 g/mol. The Morgan fingerprint density at radius 3 is 2.50 bits per heavy atom. The first-order valence-electron chi connectivity index (χ1n) is 6.03. The van der Waals surface area contributed by atoms with Crippen LogP contribution in [0.3, 0.4) is 0 Å². The second-order valence-electron chi connectivity index (χ2n) is 4.21. The Hall–Kier alpha value is -1.61. The van der Waals surface area contributed by atoms with Gasteiger partial charge in [-0.1, -0.05) is 36.4 Å². The molecule has 0 aliphatic rings. The number of benzene rings is 2. The third kappa shape index (κ3) is 3.70. The highest BCUT2D eigenvalue weighted by Crippen LogP contribution is 2.12. The molecule has 18 heavy (non-hydrogen) atoms. The van der Waals surface area contributed by atoms with Gasteiger partial charge in [-0.2, -0.15) is 0 Å². The van der Waals surface area contributed by atoms with Gasteiger partial charge < -0.3 is 5.73 Å². The number of aryl methyl sites for hydroxylation is 1. The van der Waals surface area contributed by atoms with Crippen LogP contribution < -0.4 is 5.73 Å². The number of nitrogen functional groups attached to an aromatic ring is 1. The Morgan fingerprint density at radius 2 is 1.78 bits per heavy atom. The van der Waals surface area contributed by atoms with Crippen LogP contribution in [0.4, 0.5) is 5.69 Å². The quantitative estimate of drug-likeness (QED) is 0.839. The molecule has 0 radical (unpaired) electrons. The minimum Gasteiger partial charge on any atom is -0.399 e. The Balaban J connectivity index is 1.86. The van der Waals surface area contributed by atoms with Gasteiger partial charge in [0.2, 0.25) is 0 Å². The molecule has 0 aliphatic carbocycles. The summed E-state index contributed by atoms with van der Waals surface area (Å²) in [6.07, 6.45) is 1.89. The molecule has 0 bridgehead atoms. The van der Waals surface area contributed by atoms with E-state index in [0.717, 1.165) is 17.7 Å². The van der Waals surface area contributed by atoms with Gasteiger partial charge in [0.05, 0.1) is 10.8 Å². The molecule has 3 heteroatoms. The SMILES string of the molecule is Nc1cccc(S(=O)CCCc2ccccc2)c1. The van der Waals surface area contributed by atoms with Crippen LogP contribution in [0.15, 0.2) is 59.5 Å². The van der Waals surface area contributed by atoms with Crippen molar-refractivity contribution in [3.05, 3.63) is 60.2 Å². The molecule has 1 atom stereocenters. The summed E-state index contributed by atoms with van der Waals surface area (Å²) in [5, 5.41) is 0. The van der Waals surface area contributed by atoms with Gasteiger partial charge >= 0.3 is 0 Å². The molecule has 94 valence electrons. The molecule has 0 saturated carbocycles. The molecule has 0 aliphatic heterocycles. The maximum absolute atomic E-state index is 12.0. The predicted molar refractivity (Wildman–Crippen MR) is 76.9 cm³/mol. The minimum absolute atomic E-state index is 0.670. The predicted octanol–water partition coefficient (Wildman–Crippen LogP) is 3.01. The van der Waals surface area contributed by atoms with Crippen molar-refractivity contribution in [1.82, 2.24) is 0 Å². The van der Waals surface area contributed by atoms with E-state index in [2.05, 4.69) is 12.1 Å². The lowest BCUT2D eigenvalue weighted by molar-refractivity contribution is 0.680. The van der Waals surface area contributed by atoms with Crippen molar-refractivity contribution in [3.63, 3.8) is 0 Å². The van der Waals surface area contributed by atoms with E-state index in [1.54, 1.807) is 6.07 Å². The summed E-state index contributed by atoms with van der Waals surface area (Å²) in [6.45, 7) is 0. The van der Waals surface area contributed by atoms with E-state index >= 15 is 0 Å². The lowest BCUT2D eigenvalue weighted by atomic mass is 10.1. The molecule has 0 fully saturated rings. The Morgan fingerprint density at radius 1 is 1.00 bits per heavy atom. The topological polar surface area (TPSA) is 43.1 Å². The molecule has 0 amide bonds. The van der Waals surface area contributed by atoms with Crippen molar-refractivity contribution >= 4 is 16.5 Å². The third-order valence-corrected chi connectivity index (χ3v) is 4.20. The van der Waals surface area contributed by atoms with E-state index in [1.165, 1.54) is 5.56 Å². The van der Waals surface area contributed by atoms with Crippen molar-refractivity contribution in [2.75, 3.05) is 11.5 Å². The summed E-state index contributed by atoms with van der Waals surface area (Å²) >= 11 is 0. The normalized spacial score (nSPS) is 12.2. The molecule has 2 N–H and O–H groups in total. The van der Waals surface area contributed by atoms with Gasteiger partial charge in [-0.15, -0.1) is 0 Å². The van der Waals surface area contributed by atoms with Crippen molar-refractivity contribution in [2.45, 2.75) is 17.7 Å². The van der Waals surface area contributed by atoms with Crippen LogP contribution in [0.1, 0.15) is 12.0 Å². The van der Waals surface area contributed by atoms with Gasteiger partial charge in [-0.3, -0.25) is 4.21 Å². The summed E-state index contributed by atoms with van der Waals surface area (Å²) < 4.78 is 12.0. The van der Waals surface area contributed by atoms with Gasteiger partial charge in [0.15, 0.2) is 0 Å². The van der Waals surface area contributed by atoms with Crippen LogP contribution in [-0.2, 0) is 17.2 Å². The molecule has 0 saturated heterocycles. The van der Waals surface area contributed by atoms with Crippen LogP contribution in [0.25, 0.3) is 0 Å². The van der Waals surface area contributed by atoms with Crippen molar-refractivity contribution in [2.24, 2.45) is 0 Å². The molecular weight excluding hydrogens is 242 g/mol. The Labute approximate surface area is 110 Å². The van der Waals surface area contributed by atoms with Gasteiger partial charge in [0.1, 0.15) is 0 Å². The van der Waals surface area contributed by atoms with Crippen molar-refractivity contribution in [3.8, 4) is 0 Å². The fourth-order valence-corrected chi connectivity index (χ4v) is 2.97. The lowest BCUT2D eigenvalue weighted by Gasteiger charge is -2.03. The summed E-state index contributed by atoms with van der Waals surface area (Å²) in [6, 6.07) is 17.6. The minimum atomic E-state index is -0.947. The molecule has 0 heterocycles. The van der Waals surface area contributed by atoms with Crippen LogP contribution >= 0.6 is 0 Å². The fraction of sp³-hybridized carbons (Fsp3) is 0.200. The Bertz CT molecular complexity index is 525. The van der Waals surface area contributed by atoms with Gasteiger partial charge in [-0.05, 0) is 36.6 Å². The van der Waals surface area contributed by atoms with Crippen LogP contribution in [0.2, 0.25) is 0 Å². The van der Waals surface area contributed by atoms with E-state index in [9.17, 15) is 4.21 Å². The second-order valence-corrected chi connectivity index (χ2v) is 5.78. The van der Waals surface area contributed by atoms with Crippen LogP contribution in [0.5, 0.6) is 0 Å². The second kappa shape index (κ2) is 6.36. The largest absolute Gasteiger partial charge is 0.399 e. The number of anilines is 1. The van der Waals surface area contributed by atoms with Gasteiger partial charge in [-0.25, -0.2) is 0 Å². The van der Waals surface area contributed by atoms with Crippen LogP contribution in [0, 0.1) is 0 Å². The third-order valence-electron chi connectivity index (χ3n) is 2.76. The van der Waals surface area contributed by atoms with E-state index < -0.39 is 10.8 Å². The zero-order valence-corrected chi connectivity index (χ0v) is 11.0. The van der Waals surface area contributed by atoms with E-state index in [4.69, 9.17) is 5.73 Å². The number of hydrogen-bond donors (Lipinski definition) is 1. The average molecular weight is 259 g/mol. The standard InChI is InChI=1S/C15H17NOS/c16-14-9-4-10-15(12-14)18(17)11-5-8-13-6-2-1-3-7-13/h1-4,6-7,9-10,12H,5,8,11,16H2. The molecule has 1 unspecified atom stereocenters. The molecule has 2 rings (SSSR count). The van der Waals surface area contributed by atoms with E-state index in [-0.39, 0.29) is 0 Å². The summed E-state index contributed by atoms with van der Waals surface area (Å²) in [5.74, 6) is 0.679. The smallest absolute Gasteiger partial charge is 0.0530 e. The summed E-state index contributed by atoms with van der Waals surface area (Å²) in [7, 11) is -0.947. The zero-order chi connectivity index (χ0) is 12.8. The van der Waals surface area contributed by atoms with Gasteiger partial charge in [0.25, 0.3) is 0 Å². The maximum atomic E-state index is 12.0. The zero-order valence-electron chi connectivity index (χ0n) is 10.2. The highest BCUT2D eigenvalue weighted by atomic mass is 32.2. The van der Waals surface area contributed by atoms with Crippen LogP contribution in [-0.4, -0.2) is 9.96 Å². The fourth-order valence-electron chi connectivity index (χ4n) is 1.83. The number of rotatable bonds is 5. The number of hydrogen-bond acceptors (Lipinski definition) is 2. The lowest BCUT2D eigenvalue weighted by Crippen LogP contribution is -2.00. The van der Waals surface area contributed by atoms with E-state index in [1.807, 2.05) is 36.4 Å². The maximum Gasteiger partial charge on any atom is 0.0530 e. The Kier molecular flexibility index (Phi) is 4.53. The van der Waals surface area contributed by atoms with E-state index in [0.29, 0.717) is 11.4 Å². The highest BCUT2D eigenvalue weighted by molar-refractivity contribution is 7.85. The first kappa shape index (κ1) is 12.8. The van der Waals surface area contributed by atoms with Crippen molar-refractivity contribution in [1.29, 1.82) is 0 Å². The molecule has 0 spiro atoms. The molecule has 2 aromatic rings. The first-order chi connectivity index (χ1) is 8.75. The number of nitrogens with two attached hydrogens (primary N) is 1. The summed E-state index contributed by atoms with van der Waals surface area (Å²) in [4.78, 5) is 0.822. The molecule has 2 nitrogen and oxygen atoms in total.